The largest absolute Gasteiger partial charge is 0.350 e. The second-order valence-electron chi connectivity index (χ2n) is 7.44. The van der Waals surface area contributed by atoms with E-state index in [1.807, 2.05) is 24.4 Å². The molecule has 31 heavy (non-hydrogen) atoms. The molecule has 8 nitrogen and oxygen atoms in total. The SMILES string of the molecule is O=C(NCCn1ccc(-c2ccncc2)n1)c1ccc(S(=O)(=O)N2CCCCC2)cc1. The second kappa shape index (κ2) is 9.40. The van der Waals surface area contributed by atoms with Gasteiger partial charge in [-0.05, 0) is 55.3 Å². The van der Waals surface area contributed by atoms with Gasteiger partial charge in [-0.1, -0.05) is 6.42 Å². The quantitative estimate of drug-likeness (QED) is 0.610. The highest BCUT2D eigenvalue weighted by molar-refractivity contribution is 7.89. The minimum Gasteiger partial charge on any atom is -0.350 e. The van der Waals surface area contributed by atoms with E-state index in [1.54, 1.807) is 29.2 Å². The molecule has 9 heteroatoms. The van der Waals surface area contributed by atoms with Gasteiger partial charge in [-0.15, -0.1) is 0 Å². The summed E-state index contributed by atoms with van der Waals surface area (Å²) in [4.78, 5) is 16.6. The molecule has 1 saturated heterocycles. The number of rotatable bonds is 7. The summed E-state index contributed by atoms with van der Waals surface area (Å²) in [7, 11) is -3.49. The zero-order chi connectivity index (χ0) is 21.7. The number of hydrogen-bond acceptors (Lipinski definition) is 5. The van der Waals surface area contributed by atoms with Gasteiger partial charge in [0.25, 0.3) is 5.91 Å². The first-order valence-corrected chi connectivity index (χ1v) is 11.8. The zero-order valence-electron chi connectivity index (χ0n) is 17.1. The second-order valence-corrected chi connectivity index (χ2v) is 9.38. The van der Waals surface area contributed by atoms with Crippen molar-refractivity contribution in [2.75, 3.05) is 19.6 Å². The first kappa shape index (κ1) is 21.2. The number of carbonyl (C=O) groups is 1. The van der Waals surface area contributed by atoms with Crippen LogP contribution in [0.15, 0.2) is 66.0 Å². The van der Waals surface area contributed by atoms with Gasteiger partial charge in [0.1, 0.15) is 0 Å². The Kier molecular flexibility index (Phi) is 6.43. The van der Waals surface area contributed by atoms with Crippen LogP contribution >= 0.6 is 0 Å². The van der Waals surface area contributed by atoms with Crippen molar-refractivity contribution in [3.05, 3.63) is 66.6 Å². The third-order valence-electron chi connectivity index (χ3n) is 5.31. The van der Waals surface area contributed by atoms with Crippen LogP contribution in [0.1, 0.15) is 29.6 Å². The standard InChI is InChI=1S/C22H25N5O3S/c28-22(24-13-17-26-16-10-21(25-26)18-8-11-23-12-9-18)19-4-6-20(7-5-19)31(29,30)27-14-2-1-3-15-27/h4-12,16H,1-3,13-15,17H2,(H,24,28). The number of nitrogens with zero attached hydrogens (tertiary/aromatic N) is 4. The predicted octanol–water partition coefficient (Wildman–Crippen LogP) is 2.55. The fraction of sp³-hybridized carbons (Fsp3) is 0.318. The summed E-state index contributed by atoms with van der Waals surface area (Å²) in [6.45, 7) is 2.05. The summed E-state index contributed by atoms with van der Waals surface area (Å²) in [5, 5.41) is 7.35. The van der Waals surface area contributed by atoms with E-state index in [4.69, 9.17) is 0 Å². The Morgan fingerprint density at radius 3 is 2.39 bits per heavy atom. The fourth-order valence-electron chi connectivity index (χ4n) is 3.58. The van der Waals surface area contributed by atoms with Crippen molar-refractivity contribution in [2.45, 2.75) is 30.7 Å². The maximum atomic E-state index is 12.7. The van der Waals surface area contributed by atoms with E-state index in [0.29, 0.717) is 31.7 Å². The number of nitrogens with one attached hydrogen (secondary N) is 1. The van der Waals surface area contributed by atoms with Crippen LogP contribution in [0.4, 0.5) is 0 Å². The number of pyridine rings is 1. The number of sulfonamides is 1. The van der Waals surface area contributed by atoms with Gasteiger partial charge in [0.2, 0.25) is 10.0 Å². The first-order chi connectivity index (χ1) is 15.0. The Labute approximate surface area is 182 Å². The van der Waals surface area contributed by atoms with Crippen molar-refractivity contribution in [1.29, 1.82) is 0 Å². The molecule has 1 aliphatic rings. The molecule has 162 valence electrons. The first-order valence-electron chi connectivity index (χ1n) is 10.4. The minimum atomic E-state index is -3.49. The van der Waals surface area contributed by atoms with Crippen molar-refractivity contribution >= 4 is 15.9 Å². The highest BCUT2D eigenvalue weighted by Gasteiger charge is 2.25. The number of benzene rings is 1. The number of piperidine rings is 1. The molecule has 0 saturated carbocycles. The molecule has 0 bridgehead atoms. The summed E-state index contributed by atoms with van der Waals surface area (Å²) in [5.74, 6) is -0.247. The smallest absolute Gasteiger partial charge is 0.251 e. The number of hydrogen-bond donors (Lipinski definition) is 1. The van der Waals surface area contributed by atoms with Crippen LogP contribution in [0.2, 0.25) is 0 Å². The van der Waals surface area contributed by atoms with Gasteiger partial charge in [0.15, 0.2) is 0 Å². The van der Waals surface area contributed by atoms with Gasteiger partial charge in [0, 0.05) is 49.4 Å². The highest BCUT2D eigenvalue weighted by Crippen LogP contribution is 2.21. The molecule has 1 aromatic carbocycles. The van der Waals surface area contributed by atoms with Crippen LogP contribution in [0, 0.1) is 0 Å². The Morgan fingerprint density at radius 1 is 0.968 bits per heavy atom. The average molecular weight is 440 g/mol. The monoisotopic (exact) mass is 439 g/mol. The van der Waals surface area contributed by atoms with Crippen LogP contribution < -0.4 is 5.32 Å². The third kappa shape index (κ3) is 5.00. The predicted molar refractivity (Wildman–Crippen MR) is 117 cm³/mol. The molecule has 3 aromatic rings. The maximum absolute atomic E-state index is 12.7. The number of carbonyl (C=O) groups excluding carboxylic acids is 1. The molecule has 2 aromatic heterocycles. The van der Waals surface area contributed by atoms with Gasteiger partial charge in [-0.25, -0.2) is 8.42 Å². The summed E-state index contributed by atoms with van der Waals surface area (Å²) in [6, 6.07) is 11.8. The van der Waals surface area contributed by atoms with Gasteiger partial charge >= 0.3 is 0 Å². The maximum Gasteiger partial charge on any atom is 0.251 e. The van der Waals surface area contributed by atoms with Gasteiger partial charge in [-0.2, -0.15) is 9.40 Å². The number of amides is 1. The van der Waals surface area contributed by atoms with E-state index in [2.05, 4.69) is 15.4 Å². The molecule has 1 fully saturated rings. The molecule has 0 spiro atoms. The molecule has 1 aliphatic heterocycles. The molecular weight excluding hydrogens is 414 g/mol. The average Bonchev–Trinajstić information content (AvgIpc) is 3.29. The Morgan fingerprint density at radius 2 is 1.68 bits per heavy atom. The van der Waals surface area contributed by atoms with E-state index < -0.39 is 10.0 Å². The molecular formula is C22H25N5O3S. The van der Waals surface area contributed by atoms with Crippen LogP contribution in [0.3, 0.4) is 0 Å². The summed E-state index contributed by atoms with van der Waals surface area (Å²) >= 11 is 0. The lowest BCUT2D eigenvalue weighted by atomic mass is 10.2. The van der Waals surface area contributed by atoms with Crippen molar-refractivity contribution < 1.29 is 13.2 Å². The Hall–Kier alpha value is -3.04. The van der Waals surface area contributed by atoms with Crippen LogP contribution in [0.5, 0.6) is 0 Å². The lowest BCUT2D eigenvalue weighted by molar-refractivity contribution is 0.0952. The lowest BCUT2D eigenvalue weighted by Gasteiger charge is -2.25. The summed E-state index contributed by atoms with van der Waals surface area (Å²) in [6.07, 6.45) is 8.15. The lowest BCUT2D eigenvalue weighted by Crippen LogP contribution is -2.35. The Balaban J connectivity index is 1.31. The topological polar surface area (TPSA) is 97.2 Å². The zero-order valence-corrected chi connectivity index (χ0v) is 18.0. The minimum absolute atomic E-state index is 0.228. The normalized spacial score (nSPS) is 15.0. The number of aromatic nitrogens is 3. The van der Waals surface area contributed by atoms with E-state index in [9.17, 15) is 13.2 Å². The van der Waals surface area contributed by atoms with Crippen molar-refractivity contribution in [3.63, 3.8) is 0 Å². The van der Waals surface area contributed by atoms with Crippen LogP contribution in [0.25, 0.3) is 11.3 Å². The van der Waals surface area contributed by atoms with E-state index >= 15 is 0 Å². The summed E-state index contributed by atoms with van der Waals surface area (Å²) < 4.78 is 28.7. The van der Waals surface area contributed by atoms with E-state index in [-0.39, 0.29) is 10.8 Å². The van der Waals surface area contributed by atoms with Crippen LogP contribution in [-0.4, -0.2) is 53.0 Å². The molecule has 0 atom stereocenters. The molecule has 1 amide bonds. The van der Waals surface area contributed by atoms with Crippen molar-refractivity contribution in [3.8, 4) is 11.3 Å². The molecule has 0 radical (unpaired) electrons. The van der Waals surface area contributed by atoms with Gasteiger partial charge < -0.3 is 5.32 Å². The van der Waals surface area contributed by atoms with E-state index in [0.717, 1.165) is 30.5 Å². The van der Waals surface area contributed by atoms with E-state index in [1.165, 1.54) is 16.4 Å². The molecule has 1 N–H and O–H groups in total. The fourth-order valence-corrected chi connectivity index (χ4v) is 5.10. The molecule has 4 rings (SSSR count). The summed E-state index contributed by atoms with van der Waals surface area (Å²) in [5.41, 5.74) is 2.26. The van der Waals surface area contributed by atoms with Gasteiger partial charge in [-0.3, -0.25) is 14.5 Å². The van der Waals surface area contributed by atoms with Crippen molar-refractivity contribution in [2.24, 2.45) is 0 Å². The highest BCUT2D eigenvalue weighted by atomic mass is 32.2. The third-order valence-corrected chi connectivity index (χ3v) is 7.23. The van der Waals surface area contributed by atoms with Crippen molar-refractivity contribution in [1.82, 2.24) is 24.4 Å². The molecule has 0 unspecified atom stereocenters. The molecule has 0 aliphatic carbocycles. The van der Waals surface area contributed by atoms with Crippen LogP contribution in [-0.2, 0) is 16.6 Å². The molecule has 3 heterocycles. The van der Waals surface area contributed by atoms with Gasteiger partial charge in [0.05, 0.1) is 17.1 Å². The Bertz CT molecular complexity index is 1120.